The fourth-order valence-electron chi connectivity index (χ4n) is 4.52. The molecule has 1 atom stereocenters. The van der Waals surface area contributed by atoms with Gasteiger partial charge >= 0.3 is 0 Å². The largest absolute Gasteiger partial charge is 0.368 e. The lowest BCUT2D eigenvalue weighted by Crippen LogP contribution is -2.28. The minimum atomic E-state index is -0.432. The Bertz CT molecular complexity index is 1830. The molecule has 0 bridgehead atoms. The maximum absolute atomic E-state index is 14.2. The molecule has 182 valence electrons. The van der Waals surface area contributed by atoms with Crippen molar-refractivity contribution in [3.8, 4) is 16.8 Å². The molecule has 0 aliphatic heterocycles. The second-order valence-electron chi connectivity index (χ2n) is 8.72. The van der Waals surface area contributed by atoms with E-state index >= 15 is 0 Å². The maximum atomic E-state index is 14.2. The molecule has 6 aromatic rings. The molecule has 2 aromatic carbocycles. The third-order valence-electron chi connectivity index (χ3n) is 6.17. The highest BCUT2D eigenvalue weighted by atomic mass is 16.1. The molecular formula is C27H23N9O. The van der Waals surface area contributed by atoms with Crippen LogP contribution >= 0.6 is 0 Å². The number of hydrogen-bond donors (Lipinski definition) is 2. The van der Waals surface area contributed by atoms with E-state index in [1.807, 2.05) is 74.8 Å². The number of pyridine rings is 1. The molecule has 0 saturated heterocycles. The van der Waals surface area contributed by atoms with Crippen molar-refractivity contribution in [1.82, 2.24) is 34.3 Å². The van der Waals surface area contributed by atoms with Crippen LogP contribution in [0, 0.1) is 0 Å². The summed E-state index contributed by atoms with van der Waals surface area (Å²) < 4.78 is 3.35. The van der Waals surface area contributed by atoms with E-state index in [4.69, 9.17) is 10.7 Å². The van der Waals surface area contributed by atoms with Crippen molar-refractivity contribution in [2.24, 2.45) is 7.05 Å². The van der Waals surface area contributed by atoms with Gasteiger partial charge in [0.25, 0.3) is 5.56 Å². The molecule has 0 unspecified atom stereocenters. The van der Waals surface area contributed by atoms with Crippen molar-refractivity contribution in [1.29, 1.82) is 0 Å². The van der Waals surface area contributed by atoms with Crippen molar-refractivity contribution in [2.75, 3.05) is 11.1 Å². The number of para-hydroxylation sites is 1. The normalized spacial score (nSPS) is 12.2. The molecule has 0 fully saturated rings. The molecule has 4 heterocycles. The predicted octanol–water partition coefficient (Wildman–Crippen LogP) is 3.88. The molecule has 0 spiro atoms. The smallest absolute Gasteiger partial charge is 0.266 e. The van der Waals surface area contributed by atoms with Crippen LogP contribution in [-0.2, 0) is 7.05 Å². The Morgan fingerprint density at radius 2 is 1.76 bits per heavy atom. The summed E-state index contributed by atoms with van der Waals surface area (Å²) in [5, 5.41) is 8.17. The third-order valence-corrected chi connectivity index (χ3v) is 6.17. The first kappa shape index (κ1) is 22.4. The lowest BCUT2D eigenvalue weighted by molar-refractivity contribution is 0.732. The van der Waals surface area contributed by atoms with Gasteiger partial charge in [0, 0.05) is 25.0 Å². The van der Waals surface area contributed by atoms with Gasteiger partial charge in [-0.05, 0) is 42.8 Å². The second-order valence-corrected chi connectivity index (χ2v) is 8.72. The monoisotopic (exact) mass is 489 g/mol. The highest BCUT2D eigenvalue weighted by Gasteiger charge is 2.22. The first-order chi connectivity index (χ1) is 18.0. The number of fused-ring (bicyclic) bond motifs is 2. The number of hydrogen-bond acceptors (Lipinski definition) is 8. The summed E-state index contributed by atoms with van der Waals surface area (Å²) in [5.41, 5.74) is 9.91. The summed E-state index contributed by atoms with van der Waals surface area (Å²) in [7, 11) is 1.85. The molecule has 0 radical (unpaired) electrons. The predicted molar refractivity (Wildman–Crippen MR) is 143 cm³/mol. The Hall–Kier alpha value is -5.12. The number of aromatic nitrogens is 7. The quantitative estimate of drug-likeness (QED) is 0.373. The Balaban J connectivity index is 1.57. The number of anilines is 2. The van der Waals surface area contributed by atoms with Crippen LogP contribution in [0.5, 0.6) is 0 Å². The van der Waals surface area contributed by atoms with E-state index in [0.717, 1.165) is 11.1 Å². The van der Waals surface area contributed by atoms with E-state index in [0.29, 0.717) is 39.3 Å². The second kappa shape index (κ2) is 8.83. The van der Waals surface area contributed by atoms with Crippen LogP contribution in [0.4, 0.5) is 11.8 Å². The number of nitrogen functional groups attached to an aromatic ring is 1. The zero-order chi connectivity index (χ0) is 25.5. The average Bonchev–Trinajstić information content (AvgIpc) is 3.34. The highest BCUT2D eigenvalue weighted by Crippen LogP contribution is 2.29. The van der Waals surface area contributed by atoms with E-state index in [-0.39, 0.29) is 11.5 Å². The zero-order valence-electron chi connectivity index (χ0n) is 20.2. The van der Waals surface area contributed by atoms with Gasteiger partial charge in [0.15, 0.2) is 5.82 Å². The number of aryl methyl sites for hydroxylation is 1. The molecule has 0 saturated carbocycles. The summed E-state index contributed by atoms with van der Waals surface area (Å²) in [5.74, 6) is 1.12. The molecule has 0 amide bonds. The maximum Gasteiger partial charge on any atom is 0.266 e. The zero-order valence-corrected chi connectivity index (χ0v) is 20.2. The van der Waals surface area contributed by atoms with Crippen LogP contribution in [0.3, 0.4) is 0 Å². The minimum absolute atomic E-state index is 0.128. The van der Waals surface area contributed by atoms with E-state index in [9.17, 15) is 4.79 Å². The van der Waals surface area contributed by atoms with Crippen molar-refractivity contribution in [3.63, 3.8) is 0 Å². The van der Waals surface area contributed by atoms with Crippen LogP contribution in [-0.4, -0.2) is 34.3 Å². The first-order valence-corrected chi connectivity index (χ1v) is 11.7. The molecule has 37 heavy (non-hydrogen) atoms. The van der Waals surface area contributed by atoms with Crippen molar-refractivity contribution >= 4 is 33.7 Å². The van der Waals surface area contributed by atoms with Gasteiger partial charge in [-0.2, -0.15) is 10.1 Å². The standard InChI is InChI=1S/C27H23N9O/c1-16(31-24-23-21(12-7-13-29-23)33-27(28)34-24)25-32-20-11-6-10-19(17-14-30-35(2)15-17)22(20)26(37)36(25)18-8-4-3-5-9-18/h3-16H,1-2H3,(H3,28,31,33,34)/t16-/m0/s1. The van der Waals surface area contributed by atoms with Crippen LogP contribution < -0.4 is 16.6 Å². The molecule has 6 rings (SSSR count). The molecule has 10 heteroatoms. The van der Waals surface area contributed by atoms with Gasteiger partial charge in [-0.3, -0.25) is 19.0 Å². The summed E-state index contributed by atoms with van der Waals surface area (Å²) in [6.45, 7) is 1.92. The van der Waals surface area contributed by atoms with Crippen molar-refractivity contribution in [3.05, 3.63) is 95.4 Å². The van der Waals surface area contributed by atoms with Crippen LogP contribution in [0.1, 0.15) is 18.8 Å². The summed E-state index contributed by atoms with van der Waals surface area (Å²) in [6.07, 6.45) is 5.30. The lowest BCUT2D eigenvalue weighted by atomic mass is 10.0. The van der Waals surface area contributed by atoms with Crippen LogP contribution in [0.15, 0.2) is 84.0 Å². The van der Waals surface area contributed by atoms with Crippen LogP contribution in [0.2, 0.25) is 0 Å². The van der Waals surface area contributed by atoms with Crippen LogP contribution in [0.25, 0.3) is 38.8 Å². The molecule has 0 aliphatic carbocycles. The summed E-state index contributed by atoms with van der Waals surface area (Å²) >= 11 is 0. The van der Waals surface area contributed by atoms with Gasteiger partial charge in [-0.1, -0.05) is 30.3 Å². The average molecular weight is 490 g/mol. The molecule has 10 nitrogen and oxygen atoms in total. The topological polar surface area (TPSA) is 129 Å². The summed E-state index contributed by atoms with van der Waals surface area (Å²) in [4.78, 5) is 32.2. The van der Waals surface area contributed by atoms with Crippen molar-refractivity contribution in [2.45, 2.75) is 13.0 Å². The lowest BCUT2D eigenvalue weighted by Gasteiger charge is -2.21. The SMILES string of the molecule is C[C@H](Nc1nc(N)nc2cccnc12)c1nc2cccc(-c3cnn(C)c3)c2c(=O)n1-c1ccccc1. The fraction of sp³-hybridized carbons (Fsp3) is 0.111. The first-order valence-electron chi connectivity index (χ1n) is 11.7. The molecule has 4 aromatic heterocycles. The number of rotatable bonds is 5. The van der Waals surface area contributed by atoms with E-state index in [1.165, 1.54) is 0 Å². The van der Waals surface area contributed by atoms with Gasteiger partial charge in [0.1, 0.15) is 11.3 Å². The minimum Gasteiger partial charge on any atom is -0.368 e. The van der Waals surface area contributed by atoms with Gasteiger partial charge in [0.05, 0.1) is 34.3 Å². The van der Waals surface area contributed by atoms with Gasteiger partial charge in [-0.15, -0.1) is 0 Å². The molecule has 0 aliphatic rings. The van der Waals surface area contributed by atoms with E-state index < -0.39 is 6.04 Å². The third kappa shape index (κ3) is 3.94. The molecular weight excluding hydrogens is 466 g/mol. The molecule has 3 N–H and O–H groups in total. The Morgan fingerprint density at radius 3 is 2.54 bits per heavy atom. The number of benzene rings is 2. The summed E-state index contributed by atoms with van der Waals surface area (Å²) in [6, 6.07) is 18.3. The van der Waals surface area contributed by atoms with Crippen molar-refractivity contribution < 1.29 is 0 Å². The number of nitrogens with zero attached hydrogens (tertiary/aromatic N) is 7. The van der Waals surface area contributed by atoms with Gasteiger partial charge in [0.2, 0.25) is 5.95 Å². The number of nitrogens with one attached hydrogen (secondary N) is 1. The van der Waals surface area contributed by atoms with E-state index in [1.54, 1.807) is 27.7 Å². The Kier molecular flexibility index (Phi) is 5.33. The Morgan fingerprint density at radius 1 is 0.946 bits per heavy atom. The Labute approximate surface area is 211 Å². The number of nitrogens with two attached hydrogens (primary N) is 1. The van der Waals surface area contributed by atoms with Gasteiger partial charge < -0.3 is 11.1 Å². The van der Waals surface area contributed by atoms with Gasteiger partial charge in [-0.25, -0.2) is 9.97 Å². The highest BCUT2D eigenvalue weighted by molar-refractivity contribution is 5.94. The fourth-order valence-corrected chi connectivity index (χ4v) is 4.52. The van der Waals surface area contributed by atoms with E-state index in [2.05, 4.69) is 25.4 Å².